The van der Waals surface area contributed by atoms with Crippen molar-refractivity contribution in [3.05, 3.63) is 35.7 Å². The second kappa shape index (κ2) is 6.60. The Hall–Kier alpha value is -2.37. The van der Waals surface area contributed by atoms with E-state index in [4.69, 9.17) is 4.74 Å². The topological polar surface area (TPSA) is 79.9 Å². The zero-order valence-corrected chi connectivity index (χ0v) is 12.6. The highest BCUT2D eigenvalue weighted by Crippen LogP contribution is 2.33. The fraction of sp³-hybridized carbons (Fsp3) is 0.438. The van der Waals surface area contributed by atoms with Crippen LogP contribution in [0.25, 0.3) is 0 Å². The number of carbonyl (C=O) groups is 1. The van der Waals surface area contributed by atoms with Gasteiger partial charge in [0.1, 0.15) is 0 Å². The van der Waals surface area contributed by atoms with Gasteiger partial charge in [0.2, 0.25) is 11.8 Å². The quantitative estimate of drug-likeness (QED) is 0.889. The van der Waals surface area contributed by atoms with Crippen molar-refractivity contribution in [3.8, 4) is 5.88 Å². The summed E-state index contributed by atoms with van der Waals surface area (Å²) < 4.78 is 5.00. The van der Waals surface area contributed by atoms with E-state index in [9.17, 15) is 4.79 Å². The molecule has 3 rings (SSSR count). The van der Waals surface area contributed by atoms with Gasteiger partial charge in [-0.15, -0.1) is 0 Å². The van der Waals surface area contributed by atoms with Gasteiger partial charge in [0.15, 0.2) is 5.82 Å². The lowest BCUT2D eigenvalue weighted by Crippen LogP contribution is -2.14. The number of hydrogen-bond acceptors (Lipinski definition) is 4. The van der Waals surface area contributed by atoms with Gasteiger partial charge in [-0.1, -0.05) is 18.9 Å². The summed E-state index contributed by atoms with van der Waals surface area (Å²) in [7, 11) is 1.56. The Kier molecular flexibility index (Phi) is 4.37. The maximum atomic E-state index is 12.0. The average molecular weight is 300 g/mol. The molecule has 1 amide bonds. The molecule has 0 unspecified atom stereocenters. The molecule has 2 heterocycles. The highest BCUT2D eigenvalue weighted by atomic mass is 16.5. The van der Waals surface area contributed by atoms with Crippen molar-refractivity contribution >= 4 is 11.7 Å². The Morgan fingerprint density at radius 3 is 2.91 bits per heavy atom. The monoisotopic (exact) mass is 300 g/mol. The van der Waals surface area contributed by atoms with Gasteiger partial charge in [-0.3, -0.25) is 9.89 Å². The van der Waals surface area contributed by atoms with Crippen LogP contribution in [0.5, 0.6) is 5.88 Å². The molecule has 1 saturated carbocycles. The van der Waals surface area contributed by atoms with Crippen LogP contribution in [0.15, 0.2) is 24.4 Å². The Balaban J connectivity index is 1.56. The largest absolute Gasteiger partial charge is 0.481 e. The number of aromatic amines is 1. The molecule has 2 N–H and O–H groups in total. The third kappa shape index (κ3) is 3.44. The predicted octanol–water partition coefficient (Wildman–Crippen LogP) is 2.65. The van der Waals surface area contributed by atoms with Crippen molar-refractivity contribution in [1.82, 2.24) is 15.2 Å². The van der Waals surface area contributed by atoms with E-state index in [1.54, 1.807) is 19.4 Å². The lowest BCUT2D eigenvalue weighted by molar-refractivity contribution is -0.115. The lowest BCUT2D eigenvalue weighted by Gasteiger charge is -2.04. The van der Waals surface area contributed by atoms with Crippen LogP contribution in [0.2, 0.25) is 0 Å². The summed E-state index contributed by atoms with van der Waals surface area (Å²) in [4.78, 5) is 16.1. The minimum atomic E-state index is -0.101. The highest BCUT2D eigenvalue weighted by Gasteiger charge is 2.19. The van der Waals surface area contributed by atoms with Crippen LogP contribution in [0.3, 0.4) is 0 Å². The molecule has 0 aliphatic heterocycles. The van der Waals surface area contributed by atoms with Crippen LogP contribution in [-0.2, 0) is 11.2 Å². The second-order valence-electron chi connectivity index (χ2n) is 5.62. The van der Waals surface area contributed by atoms with Gasteiger partial charge >= 0.3 is 0 Å². The molecule has 0 radical (unpaired) electrons. The normalized spacial score (nSPS) is 15.0. The number of aromatic nitrogens is 3. The number of ether oxygens (including phenoxy) is 1. The van der Waals surface area contributed by atoms with E-state index >= 15 is 0 Å². The standard InChI is InChI=1S/C16H20N4O2/c1-22-16-7-6-11(10-17-16)8-15(21)18-14-9-13(19-20-14)12-4-2-3-5-12/h6-7,9-10,12H,2-5,8H2,1H3,(H2,18,19,20,21). The Bertz CT molecular complexity index is 630. The van der Waals surface area contributed by atoms with Gasteiger partial charge in [-0.25, -0.2) is 4.98 Å². The van der Waals surface area contributed by atoms with Crippen LogP contribution in [0.4, 0.5) is 5.82 Å². The van der Waals surface area contributed by atoms with Gasteiger partial charge in [0, 0.05) is 29.9 Å². The molecule has 2 aromatic rings. The summed E-state index contributed by atoms with van der Waals surface area (Å²) in [5.41, 5.74) is 1.96. The molecule has 6 nitrogen and oxygen atoms in total. The summed E-state index contributed by atoms with van der Waals surface area (Å²) in [6.45, 7) is 0. The molecule has 22 heavy (non-hydrogen) atoms. The van der Waals surface area contributed by atoms with E-state index in [1.807, 2.05) is 12.1 Å². The summed E-state index contributed by atoms with van der Waals surface area (Å²) >= 11 is 0. The number of nitrogens with zero attached hydrogens (tertiary/aromatic N) is 2. The number of rotatable bonds is 5. The van der Waals surface area contributed by atoms with Gasteiger partial charge in [-0.2, -0.15) is 5.10 Å². The number of H-pyrrole nitrogens is 1. The van der Waals surface area contributed by atoms with E-state index in [1.165, 1.54) is 25.7 Å². The Morgan fingerprint density at radius 2 is 2.23 bits per heavy atom. The van der Waals surface area contributed by atoms with E-state index in [-0.39, 0.29) is 12.3 Å². The first kappa shape index (κ1) is 14.6. The van der Waals surface area contributed by atoms with Crippen molar-refractivity contribution in [3.63, 3.8) is 0 Å². The number of methoxy groups -OCH3 is 1. The van der Waals surface area contributed by atoms with E-state index < -0.39 is 0 Å². The van der Waals surface area contributed by atoms with Crippen LogP contribution >= 0.6 is 0 Å². The zero-order valence-electron chi connectivity index (χ0n) is 12.6. The van der Waals surface area contributed by atoms with Crippen molar-refractivity contribution < 1.29 is 9.53 Å². The SMILES string of the molecule is COc1ccc(CC(=O)Nc2cc(C3CCCC3)[nH]n2)cn1. The first-order chi connectivity index (χ1) is 10.7. The van der Waals surface area contributed by atoms with Crippen LogP contribution < -0.4 is 10.1 Å². The number of carbonyl (C=O) groups excluding carboxylic acids is 1. The maximum absolute atomic E-state index is 12.0. The van der Waals surface area contributed by atoms with E-state index in [0.717, 1.165) is 11.3 Å². The summed E-state index contributed by atoms with van der Waals surface area (Å²) in [6, 6.07) is 5.52. The number of anilines is 1. The van der Waals surface area contributed by atoms with Gasteiger partial charge in [0.25, 0.3) is 0 Å². The molecule has 1 fully saturated rings. The van der Waals surface area contributed by atoms with Gasteiger partial charge < -0.3 is 10.1 Å². The van der Waals surface area contributed by atoms with Crippen molar-refractivity contribution in [1.29, 1.82) is 0 Å². The molecule has 1 aliphatic carbocycles. The molecule has 0 saturated heterocycles. The molecule has 0 bridgehead atoms. The number of amides is 1. The second-order valence-corrected chi connectivity index (χ2v) is 5.62. The van der Waals surface area contributed by atoms with Crippen LogP contribution in [-0.4, -0.2) is 28.2 Å². The Labute approximate surface area is 129 Å². The first-order valence-electron chi connectivity index (χ1n) is 7.58. The molecule has 6 heteroatoms. The smallest absolute Gasteiger partial charge is 0.230 e. The third-order valence-electron chi connectivity index (χ3n) is 4.03. The van der Waals surface area contributed by atoms with Crippen LogP contribution in [0.1, 0.15) is 42.9 Å². The molecular weight excluding hydrogens is 280 g/mol. The van der Waals surface area contributed by atoms with Crippen molar-refractivity contribution in [2.45, 2.75) is 38.0 Å². The lowest BCUT2D eigenvalue weighted by atomic mass is 10.0. The third-order valence-corrected chi connectivity index (χ3v) is 4.03. The number of hydrogen-bond donors (Lipinski definition) is 2. The minimum Gasteiger partial charge on any atom is -0.481 e. The zero-order chi connectivity index (χ0) is 15.4. The molecule has 0 aromatic carbocycles. The fourth-order valence-electron chi connectivity index (χ4n) is 2.86. The summed E-state index contributed by atoms with van der Waals surface area (Å²) in [5, 5.41) is 10.0. The number of nitrogens with one attached hydrogen (secondary N) is 2. The highest BCUT2D eigenvalue weighted by molar-refractivity contribution is 5.91. The van der Waals surface area contributed by atoms with Gasteiger partial charge in [0.05, 0.1) is 13.5 Å². The molecule has 116 valence electrons. The van der Waals surface area contributed by atoms with E-state index in [2.05, 4.69) is 20.5 Å². The number of pyridine rings is 1. The first-order valence-corrected chi connectivity index (χ1v) is 7.58. The Morgan fingerprint density at radius 1 is 1.41 bits per heavy atom. The van der Waals surface area contributed by atoms with Crippen molar-refractivity contribution in [2.24, 2.45) is 0 Å². The predicted molar refractivity (Wildman–Crippen MR) is 82.9 cm³/mol. The molecular formula is C16H20N4O2. The minimum absolute atomic E-state index is 0.101. The van der Waals surface area contributed by atoms with E-state index in [0.29, 0.717) is 17.6 Å². The fourth-order valence-corrected chi connectivity index (χ4v) is 2.86. The summed E-state index contributed by atoms with van der Waals surface area (Å²) in [5.74, 6) is 1.59. The van der Waals surface area contributed by atoms with Crippen molar-refractivity contribution in [2.75, 3.05) is 12.4 Å². The maximum Gasteiger partial charge on any atom is 0.230 e. The molecule has 1 aliphatic rings. The molecule has 0 spiro atoms. The summed E-state index contributed by atoms with van der Waals surface area (Å²) in [6.07, 6.45) is 6.86. The van der Waals surface area contributed by atoms with Crippen LogP contribution in [0, 0.1) is 0 Å². The average Bonchev–Trinajstić information content (AvgIpc) is 3.19. The molecule has 0 atom stereocenters. The van der Waals surface area contributed by atoms with Gasteiger partial charge in [-0.05, 0) is 18.4 Å². The molecule has 2 aromatic heterocycles.